The molecule has 0 aliphatic rings. The van der Waals surface area contributed by atoms with Crippen LogP contribution in [0.25, 0.3) is 0 Å². The van der Waals surface area contributed by atoms with Crippen LogP contribution in [0.4, 0.5) is 0 Å². The van der Waals surface area contributed by atoms with Crippen molar-refractivity contribution in [3.8, 4) is 5.75 Å². The summed E-state index contributed by atoms with van der Waals surface area (Å²) in [6.45, 7) is 1.11. The summed E-state index contributed by atoms with van der Waals surface area (Å²) in [7, 11) is -2.60. The average Bonchev–Trinajstić information content (AvgIpc) is 2.50. The molecular weight excluding hydrogens is 377 g/mol. The van der Waals surface area contributed by atoms with E-state index in [2.05, 4.69) is 4.99 Å². The Morgan fingerprint density at radius 2 is 1.96 bits per heavy atom. The van der Waals surface area contributed by atoms with E-state index in [0.29, 0.717) is 12.2 Å². The summed E-state index contributed by atoms with van der Waals surface area (Å²) >= 11 is 1.02. The minimum atomic E-state index is -4.16. The largest absolute Gasteiger partial charge is 1.00 e. The zero-order chi connectivity index (χ0) is 18.2. The SMILES string of the molecule is COc1ccc(CC(CSC(C)=O)C([O-])=NCCS(=O)(=O)O)cc1.[Na+]. The molecule has 1 aromatic rings. The Morgan fingerprint density at radius 3 is 2.44 bits per heavy atom. The number of benzene rings is 1. The smallest absolute Gasteiger partial charge is 0.862 e. The van der Waals surface area contributed by atoms with Crippen LogP contribution >= 0.6 is 11.8 Å². The van der Waals surface area contributed by atoms with Crippen molar-refractivity contribution in [2.75, 3.05) is 25.2 Å². The van der Waals surface area contributed by atoms with Gasteiger partial charge in [-0.15, -0.1) is 0 Å². The maximum absolute atomic E-state index is 12.2. The van der Waals surface area contributed by atoms with Gasteiger partial charge in [0.25, 0.3) is 10.1 Å². The molecule has 0 amide bonds. The third kappa shape index (κ3) is 10.9. The number of methoxy groups -OCH3 is 1. The van der Waals surface area contributed by atoms with Crippen molar-refractivity contribution in [3.05, 3.63) is 29.8 Å². The molecule has 134 valence electrons. The molecule has 1 N–H and O–H groups in total. The van der Waals surface area contributed by atoms with Gasteiger partial charge in [0.15, 0.2) is 5.12 Å². The van der Waals surface area contributed by atoms with Gasteiger partial charge >= 0.3 is 29.6 Å². The first kappa shape index (κ1) is 24.4. The first-order valence-corrected chi connectivity index (χ1v) is 9.73. The van der Waals surface area contributed by atoms with E-state index in [4.69, 9.17) is 9.29 Å². The van der Waals surface area contributed by atoms with E-state index in [1.54, 1.807) is 19.2 Å². The fourth-order valence-corrected chi connectivity index (χ4v) is 2.90. The van der Waals surface area contributed by atoms with Crippen molar-refractivity contribution in [1.82, 2.24) is 0 Å². The number of hydrogen-bond acceptors (Lipinski definition) is 7. The van der Waals surface area contributed by atoms with Crippen LogP contribution in [0, 0.1) is 5.92 Å². The van der Waals surface area contributed by atoms with Crippen molar-refractivity contribution in [2.45, 2.75) is 13.3 Å². The van der Waals surface area contributed by atoms with Gasteiger partial charge in [0, 0.05) is 18.6 Å². The molecule has 0 saturated carbocycles. The summed E-state index contributed by atoms with van der Waals surface area (Å²) in [5.74, 6) is -0.682. The molecule has 0 spiro atoms. The molecule has 0 aliphatic heterocycles. The maximum Gasteiger partial charge on any atom is 1.00 e. The van der Waals surface area contributed by atoms with Crippen molar-refractivity contribution < 1.29 is 57.2 Å². The van der Waals surface area contributed by atoms with Crippen LogP contribution in [0.5, 0.6) is 5.75 Å². The van der Waals surface area contributed by atoms with E-state index in [-0.39, 0.29) is 47.0 Å². The second-order valence-corrected chi connectivity index (χ2v) is 7.83. The maximum atomic E-state index is 12.2. The van der Waals surface area contributed by atoms with E-state index in [1.165, 1.54) is 6.92 Å². The second-order valence-electron chi connectivity index (χ2n) is 5.06. The van der Waals surface area contributed by atoms with Crippen LogP contribution in [0.15, 0.2) is 29.3 Å². The molecule has 10 heteroatoms. The molecular formula is C15H20NNaO6S2. The fourth-order valence-electron chi connectivity index (χ4n) is 1.88. The molecule has 0 saturated heterocycles. The van der Waals surface area contributed by atoms with Gasteiger partial charge < -0.3 is 14.8 Å². The first-order chi connectivity index (χ1) is 11.2. The van der Waals surface area contributed by atoms with Crippen LogP contribution in [0.1, 0.15) is 12.5 Å². The number of aliphatic imine (C=N–C) groups is 1. The van der Waals surface area contributed by atoms with E-state index >= 15 is 0 Å². The molecule has 7 nitrogen and oxygen atoms in total. The standard InChI is InChI=1S/C15H21NO6S2.Na/c1-11(17)23-10-13(15(18)16-7-8-24(19,20)21)9-12-3-5-14(22-2)6-4-12;/h3-6,13H,7-10H2,1-2H3,(H,16,18)(H,19,20,21);/q;+1/p-1. The van der Waals surface area contributed by atoms with Crippen molar-refractivity contribution in [3.63, 3.8) is 0 Å². The summed E-state index contributed by atoms with van der Waals surface area (Å²) in [5, 5.41) is 12.1. The van der Waals surface area contributed by atoms with Gasteiger partial charge in [0.1, 0.15) is 5.75 Å². The summed E-state index contributed by atoms with van der Waals surface area (Å²) < 4.78 is 35.1. The quantitative estimate of drug-likeness (QED) is 0.217. The zero-order valence-electron chi connectivity index (χ0n) is 14.5. The number of carbonyl (C=O) groups excluding carboxylic acids is 1. The van der Waals surface area contributed by atoms with E-state index in [1.807, 2.05) is 12.1 Å². The minimum absolute atomic E-state index is 0. The number of rotatable bonds is 9. The van der Waals surface area contributed by atoms with Crippen LogP contribution in [-0.4, -0.2) is 49.1 Å². The normalized spacial score (nSPS) is 13.0. The van der Waals surface area contributed by atoms with E-state index in [9.17, 15) is 18.3 Å². The van der Waals surface area contributed by atoms with E-state index < -0.39 is 27.7 Å². The molecule has 0 heterocycles. The van der Waals surface area contributed by atoms with Gasteiger partial charge in [-0.2, -0.15) is 8.42 Å². The predicted octanol–water partition coefficient (Wildman–Crippen LogP) is -2.22. The minimum Gasteiger partial charge on any atom is -0.862 e. The van der Waals surface area contributed by atoms with Gasteiger partial charge in [0.2, 0.25) is 0 Å². The number of hydrogen-bond donors (Lipinski definition) is 1. The van der Waals surface area contributed by atoms with Crippen molar-refractivity contribution >= 4 is 32.9 Å². The molecule has 1 aromatic carbocycles. The van der Waals surface area contributed by atoms with E-state index in [0.717, 1.165) is 17.3 Å². The molecule has 0 aromatic heterocycles. The Kier molecular flexibility index (Phi) is 11.6. The van der Waals surface area contributed by atoms with Crippen LogP contribution < -0.4 is 39.4 Å². The van der Waals surface area contributed by atoms with Crippen molar-refractivity contribution in [1.29, 1.82) is 0 Å². The summed E-state index contributed by atoms with van der Waals surface area (Å²) in [5.41, 5.74) is 0.878. The van der Waals surface area contributed by atoms with Crippen LogP contribution in [-0.2, 0) is 21.3 Å². The molecule has 1 unspecified atom stereocenters. The molecule has 25 heavy (non-hydrogen) atoms. The Labute approximate surface area is 174 Å². The van der Waals surface area contributed by atoms with Gasteiger partial charge in [0.05, 0.1) is 19.4 Å². The third-order valence-corrected chi connectivity index (χ3v) is 4.77. The molecule has 0 radical (unpaired) electrons. The fraction of sp³-hybridized carbons (Fsp3) is 0.467. The van der Waals surface area contributed by atoms with Crippen LogP contribution in [0.3, 0.4) is 0 Å². The van der Waals surface area contributed by atoms with Gasteiger partial charge in [-0.3, -0.25) is 9.35 Å². The summed E-state index contributed by atoms with van der Waals surface area (Å²) in [6, 6.07) is 7.17. The zero-order valence-corrected chi connectivity index (χ0v) is 18.1. The molecule has 1 rings (SSSR count). The van der Waals surface area contributed by atoms with Gasteiger partial charge in [-0.1, -0.05) is 23.9 Å². The average molecular weight is 397 g/mol. The Bertz CT molecular complexity index is 676. The Morgan fingerprint density at radius 1 is 1.36 bits per heavy atom. The second kappa shape index (κ2) is 11.9. The van der Waals surface area contributed by atoms with Crippen LogP contribution in [0.2, 0.25) is 0 Å². The number of ether oxygens (including phenoxy) is 1. The van der Waals surface area contributed by atoms with Crippen molar-refractivity contribution in [2.24, 2.45) is 10.9 Å². The number of carbonyl (C=O) groups is 1. The van der Waals surface area contributed by atoms with Gasteiger partial charge in [-0.05, 0) is 30.0 Å². The first-order valence-electron chi connectivity index (χ1n) is 7.14. The molecule has 0 aliphatic carbocycles. The molecule has 0 fully saturated rings. The Balaban J connectivity index is 0.00000576. The third-order valence-electron chi connectivity index (χ3n) is 3.10. The monoisotopic (exact) mass is 397 g/mol. The molecule has 0 bridgehead atoms. The van der Waals surface area contributed by atoms with Gasteiger partial charge in [-0.25, -0.2) is 0 Å². The molecule has 1 atom stereocenters. The topological polar surface area (TPSA) is 116 Å². The number of thioether (sulfide) groups is 1. The predicted molar refractivity (Wildman–Crippen MR) is 92.0 cm³/mol. The Hall–Kier alpha value is -0.580. The number of nitrogens with zero attached hydrogens (tertiary/aromatic N) is 1. The summed E-state index contributed by atoms with van der Waals surface area (Å²) in [4.78, 5) is 14.8. The summed E-state index contributed by atoms with van der Waals surface area (Å²) in [6.07, 6.45) is 0.373.